The molecule has 1 fully saturated rings. The zero-order chi connectivity index (χ0) is 9.80. The molecule has 1 N–H and O–H groups in total. The van der Waals surface area contributed by atoms with Gasteiger partial charge in [-0.2, -0.15) is 0 Å². The highest BCUT2D eigenvalue weighted by Gasteiger charge is 2.14. The fourth-order valence-corrected chi connectivity index (χ4v) is 2.12. The van der Waals surface area contributed by atoms with Gasteiger partial charge in [0.15, 0.2) is 0 Å². The summed E-state index contributed by atoms with van der Waals surface area (Å²) in [6, 6.07) is 8.70. The Hall–Kier alpha value is -0.730. The van der Waals surface area contributed by atoms with Crippen molar-refractivity contribution < 1.29 is 0 Å². The minimum Gasteiger partial charge on any atom is -0.371 e. The molecule has 1 heterocycles. The van der Waals surface area contributed by atoms with Gasteiger partial charge >= 0.3 is 0 Å². The van der Waals surface area contributed by atoms with Crippen LogP contribution in [0.4, 0.5) is 5.69 Å². The Balaban J connectivity index is 0.00000112. The van der Waals surface area contributed by atoms with E-state index in [-0.39, 0.29) is 12.4 Å². The Morgan fingerprint density at radius 1 is 1.20 bits per heavy atom. The van der Waals surface area contributed by atoms with Gasteiger partial charge in [-0.1, -0.05) is 18.2 Å². The van der Waals surface area contributed by atoms with Crippen molar-refractivity contribution >= 4 is 18.1 Å². The van der Waals surface area contributed by atoms with E-state index < -0.39 is 0 Å². The van der Waals surface area contributed by atoms with Crippen LogP contribution in [-0.4, -0.2) is 20.1 Å². The number of hydrogen-bond donors (Lipinski definition) is 1. The second kappa shape index (κ2) is 5.99. The van der Waals surface area contributed by atoms with Crippen LogP contribution < -0.4 is 10.2 Å². The molecule has 1 aliphatic heterocycles. The second-order valence-corrected chi connectivity index (χ2v) is 3.85. The number of anilines is 1. The van der Waals surface area contributed by atoms with Crippen molar-refractivity contribution in [3.05, 3.63) is 29.8 Å². The Kier molecular flexibility index (Phi) is 4.92. The predicted molar refractivity (Wildman–Crippen MR) is 67.9 cm³/mol. The fraction of sp³-hybridized carbons (Fsp3) is 0.500. The van der Waals surface area contributed by atoms with E-state index in [4.69, 9.17) is 0 Å². The molecule has 0 bridgehead atoms. The minimum absolute atomic E-state index is 0. The molecule has 0 atom stereocenters. The minimum atomic E-state index is 0. The van der Waals surface area contributed by atoms with Gasteiger partial charge in [-0.05, 0) is 31.5 Å². The molecule has 0 saturated carbocycles. The van der Waals surface area contributed by atoms with Gasteiger partial charge in [-0.15, -0.1) is 12.4 Å². The predicted octanol–water partition coefficient (Wildman–Crippen LogP) is 2.43. The summed E-state index contributed by atoms with van der Waals surface area (Å²) in [5.41, 5.74) is 2.83. The Morgan fingerprint density at radius 3 is 2.53 bits per heavy atom. The molecule has 1 aliphatic rings. The molecule has 0 unspecified atom stereocenters. The van der Waals surface area contributed by atoms with E-state index >= 15 is 0 Å². The molecule has 3 heteroatoms. The Labute approximate surface area is 98.1 Å². The molecule has 2 rings (SSSR count). The molecule has 1 aromatic carbocycles. The Bertz CT molecular complexity index is 295. The van der Waals surface area contributed by atoms with Crippen molar-refractivity contribution in [1.29, 1.82) is 0 Å². The van der Waals surface area contributed by atoms with Crippen molar-refractivity contribution in [2.24, 2.45) is 0 Å². The highest BCUT2D eigenvalue weighted by molar-refractivity contribution is 5.85. The highest BCUT2D eigenvalue weighted by atomic mass is 35.5. The molecule has 84 valence electrons. The van der Waals surface area contributed by atoms with Crippen LogP contribution in [0, 0.1) is 0 Å². The molecule has 0 spiro atoms. The number of rotatable bonds is 3. The second-order valence-electron chi connectivity index (χ2n) is 3.85. The van der Waals surface area contributed by atoms with Gasteiger partial charge in [0.05, 0.1) is 0 Å². The largest absolute Gasteiger partial charge is 0.371 e. The van der Waals surface area contributed by atoms with Crippen molar-refractivity contribution in [3.8, 4) is 0 Å². The first-order valence-corrected chi connectivity index (χ1v) is 5.39. The standard InChI is InChI=1S/C12H18N2.ClH/c1-13-10-11-6-2-3-7-12(11)14-8-4-5-9-14;/h2-3,6-7,13H,4-5,8-10H2,1H3;1H. The smallest absolute Gasteiger partial charge is 0.0411 e. The maximum atomic E-state index is 3.22. The van der Waals surface area contributed by atoms with Gasteiger partial charge in [0, 0.05) is 25.3 Å². The van der Waals surface area contributed by atoms with Gasteiger partial charge in [0.25, 0.3) is 0 Å². The maximum absolute atomic E-state index is 3.22. The van der Waals surface area contributed by atoms with Gasteiger partial charge in [0.2, 0.25) is 0 Å². The third-order valence-electron chi connectivity index (χ3n) is 2.81. The van der Waals surface area contributed by atoms with Gasteiger partial charge in [-0.25, -0.2) is 0 Å². The lowest BCUT2D eigenvalue weighted by Crippen LogP contribution is -2.20. The summed E-state index contributed by atoms with van der Waals surface area (Å²) in [5.74, 6) is 0. The lowest BCUT2D eigenvalue weighted by Gasteiger charge is -2.21. The van der Waals surface area contributed by atoms with Crippen molar-refractivity contribution in [3.63, 3.8) is 0 Å². The maximum Gasteiger partial charge on any atom is 0.0411 e. The molecule has 2 nitrogen and oxygen atoms in total. The van der Waals surface area contributed by atoms with Crippen LogP contribution in [0.25, 0.3) is 0 Å². The van der Waals surface area contributed by atoms with Crippen molar-refractivity contribution in [2.45, 2.75) is 19.4 Å². The molecule has 15 heavy (non-hydrogen) atoms. The molecule has 0 radical (unpaired) electrons. The summed E-state index contributed by atoms with van der Waals surface area (Å²) < 4.78 is 0. The molecule has 0 aromatic heterocycles. The summed E-state index contributed by atoms with van der Waals surface area (Å²) in [4.78, 5) is 2.49. The average Bonchev–Trinajstić information content (AvgIpc) is 2.72. The van der Waals surface area contributed by atoms with Crippen LogP contribution in [-0.2, 0) is 6.54 Å². The van der Waals surface area contributed by atoms with Crippen LogP contribution >= 0.6 is 12.4 Å². The molecule has 1 aromatic rings. The van der Waals surface area contributed by atoms with E-state index in [2.05, 4.69) is 34.5 Å². The zero-order valence-electron chi connectivity index (χ0n) is 9.20. The molecular weight excluding hydrogens is 208 g/mol. The van der Waals surface area contributed by atoms with E-state index in [1.165, 1.54) is 37.2 Å². The summed E-state index contributed by atoms with van der Waals surface area (Å²) in [7, 11) is 2.00. The topological polar surface area (TPSA) is 15.3 Å². The Morgan fingerprint density at radius 2 is 1.87 bits per heavy atom. The fourth-order valence-electron chi connectivity index (χ4n) is 2.12. The molecule has 0 amide bonds. The monoisotopic (exact) mass is 226 g/mol. The quantitative estimate of drug-likeness (QED) is 0.852. The average molecular weight is 227 g/mol. The third-order valence-corrected chi connectivity index (χ3v) is 2.81. The summed E-state index contributed by atoms with van der Waals surface area (Å²) in [6.45, 7) is 3.41. The SMILES string of the molecule is CNCc1ccccc1N1CCCC1.Cl. The number of nitrogens with zero attached hydrogens (tertiary/aromatic N) is 1. The van der Waals surface area contributed by atoms with Crippen LogP contribution in [0.15, 0.2) is 24.3 Å². The number of benzene rings is 1. The third kappa shape index (κ3) is 2.86. The number of nitrogens with one attached hydrogen (secondary N) is 1. The van der Waals surface area contributed by atoms with E-state index in [9.17, 15) is 0 Å². The van der Waals surface area contributed by atoms with Crippen LogP contribution in [0.3, 0.4) is 0 Å². The number of halogens is 1. The molecular formula is C12H19ClN2. The first-order chi connectivity index (χ1) is 6.92. The molecule has 0 aliphatic carbocycles. The lowest BCUT2D eigenvalue weighted by molar-refractivity contribution is 0.808. The highest BCUT2D eigenvalue weighted by Crippen LogP contribution is 2.24. The number of para-hydroxylation sites is 1. The first kappa shape index (κ1) is 12.3. The number of hydrogen-bond acceptors (Lipinski definition) is 2. The first-order valence-electron chi connectivity index (χ1n) is 5.39. The normalized spacial score (nSPS) is 15.1. The molecule has 1 saturated heterocycles. The van der Waals surface area contributed by atoms with Crippen LogP contribution in [0.5, 0.6) is 0 Å². The van der Waals surface area contributed by atoms with E-state index in [0.29, 0.717) is 0 Å². The van der Waals surface area contributed by atoms with Gasteiger partial charge in [0.1, 0.15) is 0 Å². The summed E-state index contributed by atoms with van der Waals surface area (Å²) in [6.07, 6.45) is 2.68. The van der Waals surface area contributed by atoms with Crippen LogP contribution in [0.2, 0.25) is 0 Å². The van der Waals surface area contributed by atoms with E-state index in [1.54, 1.807) is 0 Å². The van der Waals surface area contributed by atoms with Gasteiger partial charge in [-0.3, -0.25) is 0 Å². The lowest BCUT2D eigenvalue weighted by atomic mass is 10.1. The van der Waals surface area contributed by atoms with E-state index in [0.717, 1.165) is 6.54 Å². The van der Waals surface area contributed by atoms with Crippen molar-refractivity contribution in [1.82, 2.24) is 5.32 Å². The summed E-state index contributed by atoms with van der Waals surface area (Å²) >= 11 is 0. The van der Waals surface area contributed by atoms with Gasteiger partial charge < -0.3 is 10.2 Å². The van der Waals surface area contributed by atoms with Crippen LogP contribution in [0.1, 0.15) is 18.4 Å². The zero-order valence-corrected chi connectivity index (χ0v) is 10.0. The van der Waals surface area contributed by atoms with E-state index in [1.807, 2.05) is 7.05 Å². The van der Waals surface area contributed by atoms with Crippen molar-refractivity contribution in [2.75, 3.05) is 25.0 Å². The summed E-state index contributed by atoms with van der Waals surface area (Å²) in [5, 5.41) is 3.22.